The van der Waals surface area contributed by atoms with Crippen molar-refractivity contribution >= 4 is 17.2 Å². The summed E-state index contributed by atoms with van der Waals surface area (Å²) in [7, 11) is 0. The molecule has 1 aromatic rings. The fraction of sp³-hybridized carbons (Fsp3) is 0.500. The lowest BCUT2D eigenvalue weighted by atomic mass is 10.0. The van der Waals surface area contributed by atoms with Crippen molar-refractivity contribution in [1.82, 2.24) is 4.90 Å². The molecule has 1 aromatic heterocycles. The number of nitrogens with one attached hydrogen (secondary N) is 1. The molecule has 3 heteroatoms. The molecule has 2 nitrogen and oxygen atoms in total. The van der Waals surface area contributed by atoms with Gasteiger partial charge in [-0.25, -0.2) is 0 Å². The Kier molecular flexibility index (Phi) is 2.12. The van der Waals surface area contributed by atoms with Crippen molar-refractivity contribution in [1.29, 1.82) is 5.41 Å². The fourth-order valence-electron chi connectivity index (χ4n) is 1.97. The molecule has 1 aliphatic heterocycles. The minimum absolute atomic E-state index is 0.396. The van der Waals surface area contributed by atoms with Crippen molar-refractivity contribution in [2.75, 3.05) is 6.54 Å². The Morgan fingerprint density at radius 1 is 1.69 bits per heavy atom. The van der Waals surface area contributed by atoms with Crippen LogP contribution in [0.5, 0.6) is 0 Å². The van der Waals surface area contributed by atoms with Gasteiger partial charge in [0.1, 0.15) is 0 Å². The Morgan fingerprint density at radius 3 is 3.15 bits per heavy atom. The zero-order valence-corrected chi connectivity index (χ0v) is 8.82. The first-order valence-electron chi connectivity index (χ1n) is 4.58. The van der Waals surface area contributed by atoms with E-state index >= 15 is 0 Å². The summed E-state index contributed by atoms with van der Waals surface area (Å²) in [6, 6.07) is 2.59. The molecule has 0 aromatic carbocycles. The van der Waals surface area contributed by atoms with E-state index in [1.54, 1.807) is 0 Å². The van der Waals surface area contributed by atoms with Gasteiger partial charge in [0.05, 0.1) is 11.9 Å². The van der Waals surface area contributed by atoms with Crippen LogP contribution < -0.4 is 0 Å². The third-order valence-electron chi connectivity index (χ3n) is 2.71. The van der Waals surface area contributed by atoms with Crippen LogP contribution in [-0.2, 0) is 6.42 Å². The summed E-state index contributed by atoms with van der Waals surface area (Å²) in [5, 5.41) is 9.80. The Hall–Kier alpha value is -0.830. The minimum Gasteiger partial charge on any atom is -0.354 e. The van der Waals surface area contributed by atoms with Gasteiger partial charge in [-0.3, -0.25) is 5.41 Å². The summed E-state index contributed by atoms with van der Waals surface area (Å²) >= 11 is 1.85. The summed E-state index contributed by atoms with van der Waals surface area (Å²) in [6.45, 7) is 5.06. The molecule has 0 saturated carbocycles. The number of amidine groups is 1. The predicted octanol–water partition coefficient (Wildman–Crippen LogP) is 2.66. The lowest BCUT2D eigenvalue weighted by molar-refractivity contribution is 0.318. The van der Waals surface area contributed by atoms with Crippen LogP contribution in [0.25, 0.3) is 0 Å². The average Bonchev–Trinajstić information content (AvgIpc) is 2.52. The van der Waals surface area contributed by atoms with Gasteiger partial charge in [0.2, 0.25) is 0 Å². The second-order valence-electron chi connectivity index (χ2n) is 3.50. The highest BCUT2D eigenvalue weighted by Gasteiger charge is 2.24. The van der Waals surface area contributed by atoms with Gasteiger partial charge < -0.3 is 4.90 Å². The van der Waals surface area contributed by atoms with Crippen molar-refractivity contribution in [3.8, 4) is 0 Å². The zero-order valence-electron chi connectivity index (χ0n) is 8.00. The summed E-state index contributed by atoms with van der Waals surface area (Å²) < 4.78 is 0. The molecule has 1 unspecified atom stereocenters. The molecular weight excluding hydrogens is 180 g/mol. The third-order valence-corrected chi connectivity index (χ3v) is 3.70. The smallest absolute Gasteiger partial charge is 0.0931 e. The average molecular weight is 194 g/mol. The molecule has 1 aliphatic rings. The first-order chi connectivity index (χ1) is 6.20. The molecule has 0 bridgehead atoms. The Bertz CT molecular complexity index is 329. The molecule has 0 saturated heterocycles. The molecule has 70 valence electrons. The van der Waals surface area contributed by atoms with E-state index in [2.05, 4.69) is 23.3 Å². The Labute approximate surface area is 82.7 Å². The van der Waals surface area contributed by atoms with Crippen molar-refractivity contribution in [2.24, 2.45) is 0 Å². The summed E-state index contributed by atoms with van der Waals surface area (Å²) in [5.74, 6) is 0.685. The van der Waals surface area contributed by atoms with Gasteiger partial charge in [-0.05, 0) is 37.3 Å². The molecular formula is C10H14N2S. The van der Waals surface area contributed by atoms with E-state index in [0.717, 1.165) is 13.0 Å². The molecule has 0 aliphatic carbocycles. The van der Waals surface area contributed by atoms with Crippen LogP contribution in [0.2, 0.25) is 0 Å². The molecule has 0 fully saturated rings. The van der Waals surface area contributed by atoms with Crippen LogP contribution in [-0.4, -0.2) is 17.3 Å². The highest BCUT2D eigenvalue weighted by molar-refractivity contribution is 7.10. The number of rotatable bonds is 0. The molecule has 13 heavy (non-hydrogen) atoms. The standard InChI is InChI=1S/C10H14N2S/c1-7-9-4-6-13-10(9)3-5-12(7)8(2)11/h4,6-7,11H,3,5H2,1-2H3. The second-order valence-corrected chi connectivity index (χ2v) is 4.50. The quantitative estimate of drug-likeness (QED) is 0.499. The highest BCUT2D eigenvalue weighted by atomic mass is 32.1. The van der Waals surface area contributed by atoms with Gasteiger partial charge in [-0.1, -0.05) is 0 Å². The lowest BCUT2D eigenvalue weighted by Gasteiger charge is -2.34. The molecule has 0 radical (unpaired) electrons. The van der Waals surface area contributed by atoms with Gasteiger partial charge in [-0.2, -0.15) is 0 Å². The number of nitrogens with zero attached hydrogens (tertiary/aromatic N) is 1. The lowest BCUT2D eigenvalue weighted by Crippen LogP contribution is -2.36. The fourth-order valence-corrected chi connectivity index (χ4v) is 2.93. The van der Waals surface area contributed by atoms with Gasteiger partial charge in [0.15, 0.2) is 0 Å². The predicted molar refractivity (Wildman–Crippen MR) is 56.5 cm³/mol. The Balaban J connectivity index is 2.32. The van der Waals surface area contributed by atoms with Crippen LogP contribution in [0.3, 0.4) is 0 Å². The number of thiophene rings is 1. The van der Waals surface area contributed by atoms with E-state index in [4.69, 9.17) is 5.41 Å². The minimum atomic E-state index is 0.396. The van der Waals surface area contributed by atoms with Gasteiger partial charge in [0.25, 0.3) is 0 Å². The second kappa shape index (κ2) is 3.14. The zero-order chi connectivity index (χ0) is 9.42. The van der Waals surface area contributed by atoms with Crippen molar-refractivity contribution in [2.45, 2.75) is 26.3 Å². The van der Waals surface area contributed by atoms with E-state index in [1.807, 2.05) is 18.3 Å². The molecule has 1 N–H and O–H groups in total. The van der Waals surface area contributed by atoms with Crippen molar-refractivity contribution in [3.05, 3.63) is 21.9 Å². The summed E-state index contributed by atoms with van der Waals surface area (Å²) in [5.41, 5.74) is 1.42. The number of fused-ring (bicyclic) bond motifs is 1. The van der Waals surface area contributed by atoms with Crippen molar-refractivity contribution < 1.29 is 0 Å². The normalized spacial score (nSPS) is 21.4. The maximum atomic E-state index is 7.64. The van der Waals surface area contributed by atoms with E-state index in [-0.39, 0.29) is 0 Å². The first-order valence-corrected chi connectivity index (χ1v) is 5.46. The molecule has 2 heterocycles. The first kappa shape index (κ1) is 8.75. The van der Waals surface area contributed by atoms with Crippen molar-refractivity contribution in [3.63, 3.8) is 0 Å². The molecule has 2 rings (SSSR count). The maximum absolute atomic E-state index is 7.64. The van der Waals surface area contributed by atoms with Crippen LogP contribution in [0.15, 0.2) is 11.4 Å². The molecule has 0 spiro atoms. The van der Waals surface area contributed by atoms with Gasteiger partial charge in [-0.15, -0.1) is 11.3 Å². The number of hydrogen-bond acceptors (Lipinski definition) is 2. The van der Waals surface area contributed by atoms with Crippen LogP contribution in [0.4, 0.5) is 0 Å². The SMILES string of the molecule is CC(=N)N1CCc2sccc2C1C. The van der Waals surface area contributed by atoms with Gasteiger partial charge >= 0.3 is 0 Å². The summed E-state index contributed by atoms with van der Waals surface area (Å²) in [4.78, 5) is 3.67. The monoisotopic (exact) mass is 194 g/mol. The maximum Gasteiger partial charge on any atom is 0.0931 e. The highest BCUT2D eigenvalue weighted by Crippen LogP contribution is 2.32. The number of hydrogen-bond donors (Lipinski definition) is 1. The largest absolute Gasteiger partial charge is 0.354 e. The van der Waals surface area contributed by atoms with Gasteiger partial charge in [0, 0.05) is 11.4 Å². The summed E-state index contributed by atoms with van der Waals surface area (Å²) in [6.07, 6.45) is 1.10. The third kappa shape index (κ3) is 1.37. The van der Waals surface area contributed by atoms with E-state index in [1.165, 1.54) is 10.4 Å². The van der Waals surface area contributed by atoms with Crippen LogP contribution in [0, 0.1) is 5.41 Å². The molecule has 0 amide bonds. The van der Waals surface area contributed by atoms with Crippen LogP contribution in [0.1, 0.15) is 30.3 Å². The van der Waals surface area contributed by atoms with E-state index < -0.39 is 0 Å². The van der Waals surface area contributed by atoms with E-state index in [0.29, 0.717) is 11.9 Å². The topological polar surface area (TPSA) is 27.1 Å². The van der Waals surface area contributed by atoms with E-state index in [9.17, 15) is 0 Å². The Morgan fingerprint density at radius 2 is 2.46 bits per heavy atom. The molecule has 1 atom stereocenters. The van der Waals surface area contributed by atoms with Crippen LogP contribution >= 0.6 is 11.3 Å².